The van der Waals surface area contributed by atoms with Crippen LogP contribution < -0.4 is 5.32 Å². The molecule has 2 aliphatic rings. The van der Waals surface area contributed by atoms with Crippen LogP contribution in [0.4, 0.5) is 0 Å². The molecule has 2 rings (SSSR count). The second-order valence-corrected chi connectivity index (χ2v) is 6.59. The summed E-state index contributed by atoms with van der Waals surface area (Å²) in [6, 6.07) is 0.471. The Balaban J connectivity index is 1.87. The number of nitrogens with one attached hydrogen (secondary N) is 1. The van der Waals surface area contributed by atoms with Gasteiger partial charge in [-0.2, -0.15) is 0 Å². The van der Waals surface area contributed by atoms with Crippen LogP contribution in [0.25, 0.3) is 0 Å². The molecule has 0 aromatic rings. The van der Waals surface area contributed by atoms with Crippen LogP contribution in [0.5, 0.6) is 0 Å². The number of carbonyl (C=O) groups is 1. The van der Waals surface area contributed by atoms with Crippen LogP contribution in [0.2, 0.25) is 0 Å². The minimum absolute atomic E-state index is 0.265. The molecule has 18 heavy (non-hydrogen) atoms. The second kappa shape index (κ2) is 5.57. The summed E-state index contributed by atoms with van der Waals surface area (Å²) in [7, 11) is 6.58. The van der Waals surface area contributed by atoms with E-state index >= 15 is 0 Å². The van der Waals surface area contributed by atoms with E-state index in [1.54, 1.807) is 0 Å². The van der Waals surface area contributed by atoms with Crippen LogP contribution in [0.15, 0.2) is 0 Å². The maximum Gasteiger partial charge on any atom is 0.225 e. The Morgan fingerprint density at radius 3 is 2.22 bits per heavy atom. The fourth-order valence-corrected chi connectivity index (χ4v) is 3.18. The van der Waals surface area contributed by atoms with Crippen LogP contribution >= 0.6 is 0 Å². The van der Waals surface area contributed by atoms with Crippen molar-refractivity contribution < 1.29 is 9.28 Å². The summed E-state index contributed by atoms with van der Waals surface area (Å²) in [5.74, 6) is 0.648. The number of hydrogen-bond donors (Lipinski definition) is 1. The van der Waals surface area contributed by atoms with Gasteiger partial charge in [0, 0.05) is 31.8 Å². The van der Waals surface area contributed by atoms with Gasteiger partial charge in [-0.15, -0.1) is 0 Å². The summed E-state index contributed by atoms with van der Waals surface area (Å²) in [5.41, 5.74) is 0. The lowest BCUT2D eigenvalue weighted by Gasteiger charge is -2.41. The topological polar surface area (TPSA) is 32.3 Å². The monoisotopic (exact) mass is 254 g/mol. The molecule has 1 amide bonds. The van der Waals surface area contributed by atoms with Gasteiger partial charge in [0.1, 0.15) is 0 Å². The molecule has 104 valence electrons. The van der Waals surface area contributed by atoms with Gasteiger partial charge in [-0.25, -0.2) is 0 Å². The van der Waals surface area contributed by atoms with Crippen molar-refractivity contribution in [3.8, 4) is 0 Å². The fourth-order valence-electron chi connectivity index (χ4n) is 3.18. The summed E-state index contributed by atoms with van der Waals surface area (Å²) in [6.07, 6.45) is 4.33. The number of quaternary nitrogens is 1. The molecular formula is C14H28N3O+. The van der Waals surface area contributed by atoms with Crippen molar-refractivity contribution in [2.45, 2.75) is 31.7 Å². The van der Waals surface area contributed by atoms with E-state index in [9.17, 15) is 4.79 Å². The average Bonchev–Trinajstić information content (AvgIpc) is 2.38. The Morgan fingerprint density at radius 2 is 1.67 bits per heavy atom. The van der Waals surface area contributed by atoms with Crippen LogP contribution in [0, 0.1) is 5.92 Å². The third kappa shape index (κ3) is 3.23. The molecule has 2 saturated heterocycles. The first-order valence-corrected chi connectivity index (χ1v) is 7.29. The van der Waals surface area contributed by atoms with Gasteiger partial charge < -0.3 is 14.7 Å². The Bertz CT molecular complexity index is 287. The lowest BCUT2D eigenvalue weighted by atomic mass is 9.94. The maximum atomic E-state index is 12.5. The maximum absolute atomic E-state index is 12.5. The van der Waals surface area contributed by atoms with Crippen LogP contribution in [-0.2, 0) is 4.79 Å². The lowest BCUT2D eigenvalue weighted by molar-refractivity contribution is -0.895. The van der Waals surface area contributed by atoms with Crippen molar-refractivity contribution >= 4 is 5.91 Å². The number of hydrogen-bond acceptors (Lipinski definition) is 2. The van der Waals surface area contributed by atoms with Crippen molar-refractivity contribution in [1.29, 1.82) is 0 Å². The van der Waals surface area contributed by atoms with Crippen LogP contribution in [0.1, 0.15) is 25.7 Å². The third-order valence-electron chi connectivity index (χ3n) is 4.72. The summed E-state index contributed by atoms with van der Waals surface area (Å²) in [5, 5.41) is 3.33. The molecule has 0 bridgehead atoms. The minimum Gasteiger partial charge on any atom is -0.342 e. The summed E-state index contributed by atoms with van der Waals surface area (Å²) < 4.78 is 1.10. The van der Waals surface area contributed by atoms with E-state index in [1.807, 2.05) is 7.05 Å². The molecule has 0 aromatic heterocycles. The van der Waals surface area contributed by atoms with Gasteiger partial charge in [0.25, 0.3) is 0 Å². The van der Waals surface area contributed by atoms with Crippen molar-refractivity contribution in [2.75, 3.05) is 47.3 Å². The highest BCUT2D eigenvalue weighted by Gasteiger charge is 2.33. The quantitative estimate of drug-likeness (QED) is 0.735. The second-order valence-electron chi connectivity index (χ2n) is 6.59. The Kier molecular flexibility index (Phi) is 4.28. The number of carbonyl (C=O) groups excluding carboxylic acids is 1. The zero-order chi connectivity index (χ0) is 13.2. The van der Waals surface area contributed by atoms with Crippen LogP contribution in [-0.4, -0.2) is 68.7 Å². The molecule has 1 N–H and O–H groups in total. The molecule has 0 aliphatic carbocycles. The Morgan fingerprint density at radius 1 is 1.11 bits per heavy atom. The molecule has 2 fully saturated rings. The molecule has 2 aliphatic heterocycles. The normalized spacial score (nSPS) is 25.9. The molecule has 0 aromatic carbocycles. The first-order chi connectivity index (χ1) is 8.49. The highest BCUT2D eigenvalue weighted by Crippen LogP contribution is 2.22. The molecule has 0 atom stereocenters. The SMILES string of the molecule is CN(C(=O)C1CCNCC1)C1CC[N+](C)(C)CC1. The van der Waals surface area contributed by atoms with E-state index in [0.717, 1.165) is 43.3 Å². The van der Waals surface area contributed by atoms with Crippen molar-refractivity contribution in [1.82, 2.24) is 10.2 Å². The molecule has 4 nitrogen and oxygen atoms in total. The average molecular weight is 254 g/mol. The molecular weight excluding hydrogens is 226 g/mol. The van der Waals surface area contributed by atoms with E-state index in [0.29, 0.717) is 11.9 Å². The first-order valence-electron chi connectivity index (χ1n) is 7.29. The van der Waals surface area contributed by atoms with E-state index < -0.39 is 0 Å². The molecule has 4 heteroatoms. The number of amides is 1. The van der Waals surface area contributed by atoms with E-state index in [1.165, 1.54) is 13.1 Å². The number of rotatable bonds is 2. The van der Waals surface area contributed by atoms with E-state index in [2.05, 4.69) is 24.3 Å². The highest BCUT2D eigenvalue weighted by atomic mass is 16.2. The van der Waals surface area contributed by atoms with Crippen molar-refractivity contribution in [3.63, 3.8) is 0 Å². The van der Waals surface area contributed by atoms with E-state index in [-0.39, 0.29) is 5.92 Å². The number of likely N-dealkylation sites (tertiary alicyclic amines) is 1. The van der Waals surface area contributed by atoms with Gasteiger partial charge in [-0.05, 0) is 25.9 Å². The van der Waals surface area contributed by atoms with Gasteiger partial charge in [0.05, 0.1) is 27.2 Å². The van der Waals surface area contributed by atoms with Crippen molar-refractivity contribution in [2.24, 2.45) is 5.92 Å². The Labute approximate surface area is 111 Å². The van der Waals surface area contributed by atoms with Gasteiger partial charge in [0.2, 0.25) is 5.91 Å². The molecule has 0 unspecified atom stereocenters. The van der Waals surface area contributed by atoms with Gasteiger partial charge in [-0.1, -0.05) is 0 Å². The third-order valence-corrected chi connectivity index (χ3v) is 4.72. The molecule has 0 spiro atoms. The molecule has 2 heterocycles. The number of piperidine rings is 2. The zero-order valence-electron chi connectivity index (χ0n) is 12.1. The van der Waals surface area contributed by atoms with Gasteiger partial charge in [-0.3, -0.25) is 4.79 Å². The first kappa shape index (κ1) is 13.8. The predicted molar refractivity (Wildman–Crippen MR) is 73.2 cm³/mol. The minimum atomic E-state index is 0.265. The molecule has 0 saturated carbocycles. The fraction of sp³-hybridized carbons (Fsp3) is 0.929. The largest absolute Gasteiger partial charge is 0.342 e. The van der Waals surface area contributed by atoms with Crippen LogP contribution in [0.3, 0.4) is 0 Å². The van der Waals surface area contributed by atoms with Gasteiger partial charge >= 0.3 is 0 Å². The van der Waals surface area contributed by atoms with E-state index in [4.69, 9.17) is 0 Å². The highest BCUT2D eigenvalue weighted by molar-refractivity contribution is 5.79. The van der Waals surface area contributed by atoms with Gasteiger partial charge in [0.15, 0.2) is 0 Å². The summed E-state index contributed by atoms with van der Waals surface area (Å²) >= 11 is 0. The molecule has 0 radical (unpaired) electrons. The zero-order valence-corrected chi connectivity index (χ0v) is 12.1. The predicted octanol–water partition coefficient (Wildman–Crippen LogP) is 0.683. The summed E-state index contributed by atoms with van der Waals surface area (Å²) in [4.78, 5) is 14.5. The lowest BCUT2D eigenvalue weighted by Crippen LogP contribution is -2.53. The van der Waals surface area contributed by atoms with Crippen molar-refractivity contribution in [3.05, 3.63) is 0 Å². The summed E-state index contributed by atoms with van der Waals surface area (Å²) in [6.45, 7) is 4.38. The number of nitrogens with zero attached hydrogens (tertiary/aromatic N) is 2. The Hall–Kier alpha value is -0.610. The standard InChI is InChI=1S/C14H28N3O/c1-16(13-6-10-17(2,3)11-7-13)14(18)12-4-8-15-9-5-12/h12-13,15H,4-11H2,1-3H3/q+1. The smallest absolute Gasteiger partial charge is 0.225 e.